The molecule has 2 heteroatoms. The molecular formula is C19H38N2. The molecule has 1 saturated carbocycles. The molecule has 1 aliphatic carbocycles. The minimum absolute atomic E-state index is 0.489. The van der Waals surface area contributed by atoms with Crippen molar-refractivity contribution in [1.82, 2.24) is 4.90 Å². The average Bonchev–Trinajstić information content (AvgIpc) is 2.49. The van der Waals surface area contributed by atoms with Gasteiger partial charge >= 0.3 is 0 Å². The summed E-state index contributed by atoms with van der Waals surface area (Å²) in [5.74, 6) is 2.44. The summed E-state index contributed by atoms with van der Waals surface area (Å²) in [6.45, 7) is 14.4. The van der Waals surface area contributed by atoms with Crippen molar-refractivity contribution in [3.63, 3.8) is 0 Å². The maximum atomic E-state index is 6.14. The van der Waals surface area contributed by atoms with E-state index in [4.69, 9.17) is 5.73 Å². The SMILES string of the molecule is CCC(C)(C)C1CCC(CN)C(N2CCCC(C)C2C)C1. The molecule has 1 aliphatic heterocycles. The Morgan fingerprint density at radius 1 is 1.14 bits per heavy atom. The lowest BCUT2D eigenvalue weighted by Gasteiger charge is -2.51. The van der Waals surface area contributed by atoms with Crippen molar-refractivity contribution in [2.24, 2.45) is 28.9 Å². The van der Waals surface area contributed by atoms with E-state index in [-0.39, 0.29) is 0 Å². The van der Waals surface area contributed by atoms with Gasteiger partial charge in [-0.05, 0) is 75.3 Å². The van der Waals surface area contributed by atoms with E-state index in [0.717, 1.165) is 36.4 Å². The molecule has 0 bridgehead atoms. The minimum Gasteiger partial charge on any atom is -0.330 e. The third-order valence-electron chi connectivity index (χ3n) is 7.12. The summed E-state index contributed by atoms with van der Waals surface area (Å²) < 4.78 is 0. The highest BCUT2D eigenvalue weighted by atomic mass is 15.2. The van der Waals surface area contributed by atoms with Crippen LogP contribution in [0.25, 0.3) is 0 Å². The minimum atomic E-state index is 0.489. The van der Waals surface area contributed by atoms with Crippen molar-refractivity contribution in [3.8, 4) is 0 Å². The largest absolute Gasteiger partial charge is 0.330 e. The fourth-order valence-corrected chi connectivity index (χ4v) is 4.72. The summed E-state index contributed by atoms with van der Waals surface area (Å²) >= 11 is 0. The number of likely N-dealkylation sites (tertiary alicyclic amines) is 1. The van der Waals surface area contributed by atoms with Gasteiger partial charge in [0.2, 0.25) is 0 Å². The molecule has 2 N–H and O–H groups in total. The standard InChI is InChI=1S/C19H38N2/c1-6-19(4,5)17-10-9-16(13-20)18(12-17)21-11-7-8-14(2)15(21)3/h14-18H,6-13,20H2,1-5H3. The Balaban J connectivity index is 2.13. The average molecular weight is 295 g/mol. The highest BCUT2D eigenvalue weighted by Crippen LogP contribution is 2.44. The van der Waals surface area contributed by atoms with Crippen molar-refractivity contribution in [1.29, 1.82) is 0 Å². The number of hydrogen-bond acceptors (Lipinski definition) is 2. The van der Waals surface area contributed by atoms with Gasteiger partial charge in [0, 0.05) is 12.1 Å². The smallest absolute Gasteiger partial charge is 0.0141 e. The number of hydrogen-bond donors (Lipinski definition) is 1. The zero-order valence-electron chi connectivity index (χ0n) is 15.1. The summed E-state index contributed by atoms with van der Waals surface area (Å²) in [5.41, 5.74) is 6.63. The van der Waals surface area contributed by atoms with Gasteiger partial charge in [0.1, 0.15) is 0 Å². The molecule has 0 aromatic carbocycles. The van der Waals surface area contributed by atoms with Crippen LogP contribution in [0.5, 0.6) is 0 Å². The molecule has 2 fully saturated rings. The predicted molar refractivity (Wildman–Crippen MR) is 92.3 cm³/mol. The van der Waals surface area contributed by atoms with Crippen molar-refractivity contribution in [2.75, 3.05) is 13.1 Å². The number of piperidine rings is 1. The highest BCUT2D eigenvalue weighted by Gasteiger charge is 2.41. The first kappa shape index (κ1) is 17.3. The van der Waals surface area contributed by atoms with Crippen LogP contribution in [0.3, 0.4) is 0 Å². The fourth-order valence-electron chi connectivity index (χ4n) is 4.72. The first-order valence-corrected chi connectivity index (χ1v) is 9.36. The monoisotopic (exact) mass is 294 g/mol. The van der Waals surface area contributed by atoms with E-state index < -0.39 is 0 Å². The number of rotatable bonds is 4. The lowest BCUT2D eigenvalue weighted by molar-refractivity contribution is -0.0108. The number of nitrogens with two attached hydrogens (primary N) is 1. The lowest BCUT2D eigenvalue weighted by Crippen LogP contribution is -2.55. The molecule has 1 saturated heterocycles. The van der Waals surface area contributed by atoms with Crippen molar-refractivity contribution in [2.45, 2.75) is 85.2 Å². The van der Waals surface area contributed by atoms with Crippen molar-refractivity contribution >= 4 is 0 Å². The summed E-state index contributed by atoms with van der Waals surface area (Å²) in [7, 11) is 0. The van der Waals surface area contributed by atoms with Crippen molar-refractivity contribution < 1.29 is 0 Å². The first-order valence-electron chi connectivity index (χ1n) is 9.36. The van der Waals surface area contributed by atoms with Gasteiger partial charge in [0.05, 0.1) is 0 Å². The molecule has 1 heterocycles. The Morgan fingerprint density at radius 2 is 1.86 bits per heavy atom. The zero-order valence-corrected chi connectivity index (χ0v) is 15.1. The van der Waals surface area contributed by atoms with E-state index in [1.54, 1.807) is 0 Å². The normalized spacial score (nSPS) is 39.4. The van der Waals surface area contributed by atoms with E-state index in [1.807, 2.05) is 0 Å². The molecule has 0 amide bonds. The number of nitrogens with zero attached hydrogens (tertiary/aromatic N) is 1. The molecule has 0 radical (unpaired) electrons. The summed E-state index contributed by atoms with van der Waals surface area (Å²) in [5, 5.41) is 0. The van der Waals surface area contributed by atoms with E-state index in [0.29, 0.717) is 5.41 Å². The van der Waals surface area contributed by atoms with Gasteiger partial charge < -0.3 is 5.73 Å². The van der Waals surface area contributed by atoms with Crippen LogP contribution in [0.2, 0.25) is 0 Å². The summed E-state index contributed by atoms with van der Waals surface area (Å²) in [6.07, 6.45) is 8.18. The van der Waals surface area contributed by atoms with Gasteiger partial charge in [-0.1, -0.05) is 34.1 Å². The third-order valence-corrected chi connectivity index (χ3v) is 7.12. The second kappa shape index (κ2) is 7.00. The maximum absolute atomic E-state index is 6.14. The molecule has 0 aromatic heterocycles. The molecule has 5 atom stereocenters. The van der Waals surface area contributed by atoms with Crippen LogP contribution < -0.4 is 5.73 Å². The summed E-state index contributed by atoms with van der Waals surface area (Å²) in [6, 6.07) is 1.47. The van der Waals surface area contributed by atoms with Crippen LogP contribution in [-0.2, 0) is 0 Å². The van der Waals surface area contributed by atoms with Gasteiger partial charge in [-0.2, -0.15) is 0 Å². The van der Waals surface area contributed by atoms with Crippen molar-refractivity contribution in [3.05, 3.63) is 0 Å². The Bertz CT molecular complexity index is 326. The van der Waals surface area contributed by atoms with Crippen LogP contribution in [-0.4, -0.2) is 30.1 Å². The third kappa shape index (κ3) is 3.64. The van der Waals surface area contributed by atoms with Gasteiger partial charge in [-0.25, -0.2) is 0 Å². The van der Waals surface area contributed by atoms with Crippen LogP contribution in [0.15, 0.2) is 0 Å². The van der Waals surface area contributed by atoms with E-state index in [2.05, 4.69) is 39.5 Å². The molecule has 2 nitrogen and oxygen atoms in total. The van der Waals surface area contributed by atoms with Gasteiger partial charge in [0.25, 0.3) is 0 Å². The second-order valence-corrected chi connectivity index (χ2v) is 8.51. The zero-order chi connectivity index (χ0) is 15.6. The van der Waals surface area contributed by atoms with Gasteiger partial charge in [-0.3, -0.25) is 4.90 Å². The van der Waals surface area contributed by atoms with E-state index in [9.17, 15) is 0 Å². The molecule has 0 spiro atoms. The van der Waals surface area contributed by atoms with E-state index in [1.165, 1.54) is 45.1 Å². The molecular weight excluding hydrogens is 256 g/mol. The summed E-state index contributed by atoms with van der Waals surface area (Å²) in [4.78, 5) is 2.84. The van der Waals surface area contributed by atoms with Crippen LogP contribution in [0.1, 0.15) is 73.1 Å². The Hall–Kier alpha value is -0.0800. The van der Waals surface area contributed by atoms with Gasteiger partial charge in [0.15, 0.2) is 0 Å². The highest BCUT2D eigenvalue weighted by molar-refractivity contribution is 4.95. The molecule has 124 valence electrons. The van der Waals surface area contributed by atoms with Crippen LogP contribution in [0.4, 0.5) is 0 Å². The lowest BCUT2D eigenvalue weighted by atomic mass is 9.65. The predicted octanol–water partition coefficient (Wildman–Crippen LogP) is 4.29. The van der Waals surface area contributed by atoms with Gasteiger partial charge in [-0.15, -0.1) is 0 Å². The van der Waals surface area contributed by atoms with E-state index >= 15 is 0 Å². The Morgan fingerprint density at radius 3 is 2.48 bits per heavy atom. The van der Waals surface area contributed by atoms with Crippen LogP contribution >= 0.6 is 0 Å². The quantitative estimate of drug-likeness (QED) is 0.838. The fraction of sp³-hybridized carbons (Fsp3) is 1.00. The van der Waals surface area contributed by atoms with Crippen LogP contribution in [0, 0.1) is 23.2 Å². The Labute approximate surface area is 132 Å². The molecule has 21 heavy (non-hydrogen) atoms. The second-order valence-electron chi connectivity index (χ2n) is 8.51. The molecule has 5 unspecified atom stereocenters. The molecule has 2 aliphatic rings. The molecule has 0 aromatic rings. The first-order chi connectivity index (χ1) is 9.90. The topological polar surface area (TPSA) is 29.3 Å². The Kier molecular flexibility index (Phi) is 5.76. The maximum Gasteiger partial charge on any atom is 0.0141 e. The molecule has 2 rings (SSSR count).